The Bertz CT molecular complexity index is 1030. The first-order chi connectivity index (χ1) is 13.5. The first kappa shape index (κ1) is 18.0. The van der Waals surface area contributed by atoms with Crippen molar-refractivity contribution < 1.29 is 13.9 Å². The molecule has 0 atom stereocenters. The van der Waals surface area contributed by atoms with E-state index < -0.39 is 5.97 Å². The maximum Gasteiger partial charge on any atom is 0.331 e. The molecule has 1 aliphatic rings. The van der Waals surface area contributed by atoms with Crippen LogP contribution >= 0.6 is 0 Å². The molecule has 0 saturated heterocycles. The van der Waals surface area contributed by atoms with Gasteiger partial charge in [0.25, 0.3) is 0 Å². The molecule has 0 radical (unpaired) electrons. The Labute approximate surface area is 160 Å². The van der Waals surface area contributed by atoms with Crippen LogP contribution < -0.4 is 0 Å². The van der Waals surface area contributed by atoms with Crippen LogP contribution in [-0.2, 0) is 16.1 Å². The van der Waals surface area contributed by atoms with Crippen LogP contribution in [0.2, 0.25) is 0 Å². The molecule has 8 nitrogen and oxygen atoms in total. The van der Waals surface area contributed by atoms with Crippen LogP contribution in [0.15, 0.2) is 30.3 Å². The molecule has 28 heavy (non-hydrogen) atoms. The van der Waals surface area contributed by atoms with Gasteiger partial charge in [0, 0.05) is 17.3 Å². The van der Waals surface area contributed by atoms with Crippen molar-refractivity contribution in [1.29, 1.82) is 0 Å². The summed E-state index contributed by atoms with van der Waals surface area (Å²) in [6.45, 7) is 3.76. The fraction of sp³-hybridized carbons (Fsp3) is 0.316. The standard InChI is InChI=1S/C19H19FN6O2/c1-12-17(13(2)25(22-12)15-5-3-14(20)4-6-15)9-10-19(27)28-11-18-21-23-24-26(18)16-7-8-16/h3-6,9-10,16H,7-8,11H2,1-2H3/b10-9+. The predicted molar refractivity (Wildman–Crippen MR) is 97.9 cm³/mol. The van der Waals surface area contributed by atoms with E-state index in [1.54, 1.807) is 27.6 Å². The summed E-state index contributed by atoms with van der Waals surface area (Å²) in [7, 11) is 0. The summed E-state index contributed by atoms with van der Waals surface area (Å²) >= 11 is 0. The van der Waals surface area contributed by atoms with E-state index in [0.717, 1.165) is 35.5 Å². The summed E-state index contributed by atoms with van der Waals surface area (Å²) in [5.41, 5.74) is 3.15. The highest BCUT2D eigenvalue weighted by molar-refractivity contribution is 5.87. The van der Waals surface area contributed by atoms with E-state index in [4.69, 9.17) is 4.74 Å². The van der Waals surface area contributed by atoms with Crippen LogP contribution in [0.4, 0.5) is 4.39 Å². The molecule has 144 valence electrons. The third kappa shape index (κ3) is 3.68. The van der Waals surface area contributed by atoms with Gasteiger partial charge in [-0.1, -0.05) is 0 Å². The molecule has 0 aliphatic heterocycles. The van der Waals surface area contributed by atoms with Crippen LogP contribution in [0.5, 0.6) is 0 Å². The van der Waals surface area contributed by atoms with Gasteiger partial charge >= 0.3 is 5.97 Å². The topological polar surface area (TPSA) is 87.7 Å². The predicted octanol–water partition coefficient (Wildman–Crippen LogP) is 2.71. The van der Waals surface area contributed by atoms with Crippen molar-refractivity contribution in [3.05, 3.63) is 58.9 Å². The summed E-state index contributed by atoms with van der Waals surface area (Å²) in [4.78, 5) is 12.1. The number of tetrazole rings is 1. The molecule has 0 spiro atoms. The normalized spacial score (nSPS) is 14.0. The molecule has 4 rings (SSSR count). The molecule has 3 aromatic rings. The molecule has 1 aliphatic carbocycles. The third-order valence-corrected chi connectivity index (χ3v) is 4.60. The van der Waals surface area contributed by atoms with Crippen molar-refractivity contribution in [3.8, 4) is 5.69 Å². The van der Waals surface area contributed by atoms with Crippen molar-refractivity contribution in [2.24, 2.45) is 0 Å². The van der Waals surface area contributed by atoms with Gasteiger partial charge in [-0.05, 0) is 67.5 Å². The van der Waals surface area contributed by atoms with E-state index in [-0.39, 0.29) is 12.4 Å². The number of benzene rings is 1. The minimum absolute atomic E-state index is 0.0273. The molecule has 9 heteroatoms. The van der Waals surface area contributed by atoms with E-state index in [1.165, 1.54) is 18.2 Å². The SMILES string of the molecule is Cc1nn(-c2ccc(F)cc2)c(C)c1/C=C/C(=O)OCc1nnnn1C1CC1. The Morgan fingerprint density at radius 1 is 1.29 bits per heavy atom. The molecule has 2 heterocycles. The average Bonchev–Trinajstić information content (AvgIpc) is 3.35. The number of nitrogens with zero attached hydrogens (tertiary/aromatic N) is 6. The van der Waals surface area contributed by atoms with Gasteiger partial charge < -0.3 is 4.74 Å². The van der Waals surface area contributed by atoms with Crippen molar-refractivity contribution >= 4 is 12.0 Å². The third-order valence-electron chi connectivity index (χ3n) is 4.60. The molecule has 0 bridgehead atoms. The van der Waals surface area contributed by atoms with Gasteiger partial charge in [-0.25, -0.2) is 18.5 Å². The molecular weight excluding hydrogens is 363 g/mol. The zero-order chi connectivity index (χ0) is 19.7. The quantitative estimate of drug-likeness (QED) is 0.481. The molecular formula is C19H19FN6O2. The number of aryl methyl sites for hydroxylation is 1. The van der Waals surface area contributed by atoms with Crippen LogP contribution in [0.1, 0.15) is 41.7 Å². The summed E-state index contributed by atoms with van der Waals surface area (Å²) in [6, 6.07) is 6.39. The van der Waals surface area contributed by atoms with Gasteiger partial charge in [-0.3, -0.25) is 0 Å². The molecule has 0 N–H and O–H groups in total. The monoisotopic (exact) mass is 382 g/mol. The Balaban J connectivity index is 1.44. The summed E-state index contributed by atoms with van der Waals surface area (Å²) in [6.07, 6.45) is 5.12. The minimum atomic E-state index is -0.487. The van der Waals surface area contributed by atoms with Crippen molar-refractivity contribution in [2.45, 2.75) is 39.3 Å². The highest BCUT2D eigenvalue weighted by atomic mass is 19.1. The lowest BCUT2D eigenvalue weighted by Crippen LogP contribution is -2.08. The highest BCUT2D eigenvalue weighted by Gasteiger charge is 2.27. The van der Waals surface area contributed by atoms with Crippen molar-refractivity contribution in [1.82, 2.24) is 30.0 Å². The van der Waals surface area contributed by atoms with E-state index >= 15 is 0 Å². The lowest BCUT2D eigenvalue weighted by molar-refractivity contribution is -0.139. The maximum atomic E-state index is 13.1. The second kappa shape index (κ2) is 7.34. The Morgan fingerprint density at radius 3 is 2.75 bits per heavy atom. The molecule has 1 fully saturated rings. The molecule has 1 aromatic carbocycles. The van der Waals surface area contributed by atoms with E-state index in [2.05, 4.69) is 20.6 Å². The second-order valence-electron chi connectivity index (χ2n) is 6.68. The van der Waals surface area contributed by atoms with E-state index in [0.29, 0.717) is 11.9 Å². The second-order valence-corrected chi connectivity index (χ2v) is 6.68. The highest BCUT2D eigenvalue weighted by Crippen LogP contribution is 2.34. The van der Waals surface area contributed by atoms with Crippen molar-refractivity contribution in [2.75, 3.05) is 0 Å². The van der Waals surface area contributed by atoms with Crippen LogP contribution in [0, 0.1) is 19.7 Å². The lowest BCUT2D eigenvalue weighted by atomic mass is 10.2. The largest absolute Gasteiger partial charge is 0.454 e. The average molecular weight is 382 g/mol. The Hall–Kier alpha value is -3.36. The first-order valence-electron chi connectivity index (χ1n) is 8.96. The van der Waals surface area contributed by atoms with Crippen LogP contribution in [-0.4, -0.2) is 36.0 Å². The van der Waals surface area contributed by atoms with Crippen LogP contribution in [0.3, 0.4) is 0 Å². The smallest absolute Gasteiger partial charge is 0.331 e. The number of halogens is 1. The number of ether oxygens (including phenoxy) is 1. The van der Waals surface area contributed by atoms with Gasteiger partial charge in [0.2, 0.25) is 0 Å². The van der Waals surface area contributed by atoms with Gasteiger partial charge in [-0.15, -0.1) is 5.10 Å². The number of rotatable bonds is 6. The molecule has 1 saturated carbocycles. The van der Waals surface area contributed by atoms with E-state index in [9.17, 15) is 9.18 Å². The first-order valence-corrected chi connectivity index (χ1v) is 8.96. The fourth-order valence-corrected chi connectivity index (χ4v) is 2.97. The van der Waals surface area contributed by atoms with E-state index in [1.807, 2.05) is 13.8 Å². The summed E-state index contributed by atoms with van der Waals surface area (Å²) in [5.74, 6) is -0.250. The summed E-state index contributed by atoms with van der Waals surface area (Å²) in [5, 5.41) is 15.9. The number of hydrogen-bond donors (Lipinski definition) is 0. The number of esters is 1. The lowest BCUT2D eigenvalue weighted by Gasteiger charge is -2.04. The van der Waals surface area contributed by atoms with Crippen LogP contribution in [0.25, 0.3) is 11.8 Å². The van der Waals surface area contributed by atoms with Gasteiger partial charge in [0.15, 0.2) is 12.4 Å². The summed E-state index contributed by atoms with van der Waals surface area (Å²) < 4.78 is 21.8. The fourth-order valence-electron chi connectivity index (χ4n) is 2.97. The minimum Gasteiger partial charge on any atom is -0.454 e. The number of carbonyl (C=O) groups excluding carboxylic acids is 1. The maximum absolute atomic E-state index is 13.1. The number of hydrogen-bond acceptors (Lipinski definition) is 6. The Morgan fingerprint density at radius 2 is 2.04 bits per heavy atom. The Kier molecular flexibility index (Phi) is 4.72. The zero-order valence-electron chi connectivity index (χ0n) is 15.5. The molecule has 0 amide bonds. The number of aromatic nitrogens is 6. The molecule has 0 unspecified atom stereocenters. The van der Waals surface area contributed by atoms with Gasteiger partial charge in [-0.2, -0.15) is 5.10 Å². The van der Waals surface area contributed by atoms with Gasteiger partial charge in [0.05, 0.1) is 17.4 Å². The van der Waals surface area contributed by atoms with Gasteiger partial charge in [0.1, 0.15) is 5.82 Å². The molecule has 2 aromatic heterocycles. The number of carbonyl (C=O) groups is 1. The zero-order valence-corrected chi connectivity index (χ0v) is 15.5. The van der Waals surface area contributed by atoms with Crippen molar-refractivity contribution in [3.63, 3.8) is 0 Å².